The van der Waals surface area contributed by atoms with Gasteiger partial charge in [0.15, 0.2) is 0 Å². The number of hydrogen-bond donors (Lipinski definition) is 1. The van der Waals surface area contributed by atoms with Crippen molar-refractivity contribution in [3.05, 3.63) is 35.4 Å². The van der Waals surface area contributed by atoms with Crippen molar-refractivity contribution in [2.45, 2.75) is 13.5 Å². The number of hydrogen-bond acceptors (Lipinski definition) is 2. The highest BCUT2D eigenvalue weighted by Crippen LogP contribution is 2.52. The van der Waals surface area contributed by atoms with Crippen LogP contribution in [0.4, 0.5) is 0 Å². The van der Waals surface area contributed by atoms with Gasteiger partial charge >= 0.3 is 0 Å². The molecule has 90 valence electrons. The number of fused-ring (bicyclic) bond motifs is 1. The number of rotatable bonds is 3. The molecule has 1 saturated heterocycles. The van der Waals surface area contributed by atoms with Crippen molar-refractivity contribution < 1.29 is 9.90 Å². The third-order valence-electron chi connectivity index (χ3n) is 4.06. The van der Waals surface area contributed by atoms with Crippen molar-refractivity contribution in [3.63, 3.8) is 0 Å². The van der Waals surface area contributed by atoms with E-state index in [-0.39, 0.29) is 24.3 Å². The van der Waals surface area contributed by atoms with Crippen molar-refractivity contribution in [3.8, 4) is 0 Å². The Morgan fingerprint density at radius 3 is 2.59 bits per heavy atom. The minimum Gasteiger partial charge on any atom is -0.396 e. The molecule has 0 spiro atoms. The molecule has 1 aromatic rings. The molecule has 0 aromatic heterocycles. The van der Waals surface area contributed by atoms with Crippen molar-refractivity contribution in [2.24, 2.45) is 17.8 Å². The van der Waals surface area contributed by atoms with E-state index in [4.69, 9.17) is 5.11 Å². The number of aliphatic hydroxyl groups excluding tert-OH is 1. The predicted molar refractivity (Wildman–Crippen MR) is 64.2 cm³/mol. The number of likely N-dealkylation sites (tertiary alicyclic amines) is 1. The molecule has 1 aliphatic carbocycles. The molecule has 3 heteroatoms. The van der Waals surface area contributed by atoms with Crippen molar-refractivity contribution in [1.82, 2.24) is 4.90 Å². The van der Waals surface area contributed by atoms with Gasteiger partial charge < -0.3 is 10.0 Å². The van der Waals surface area contributed by atoms with E-state index in [1.54, 1.807) is 0 Å². The first-order valence-electron chi connectivity index (χ1n) is 6.16. The number of aryl methyl sites for hydroxylation is 1. The lowest BCUT2D eigenvalue weighted by molar-refractivity contribution is -0.131. The van der Waals surface area contributed by atoms with Crippen LogP contribution in [-0.2, 0) is 11.3 Å². The molecule has 1 heterocycles. The molecule has 3 atom stereocenters. The first kappa shape index (κ1) is 10.8. The Morgan fingerprint density at radius 2 is 2.06 bits per heavy atom. The minimum absolute atomic E-state index is 0.116. The van der Waals surface area contributed by atoms with Gasteiger partial charge in [0.25, 0.3) is 0 Å². The molecule has 3 rings (SSSR count). The predicted octanol–water partition coefficient (Wildman–Crippen LogP) is 1.19. The Kier molecular flexibility index (Phi) is 2.44. The summed E-state index contributed by atoms with van der Waals surface area (Å²) in [6.45, 7) is 3.76. The van der Waals surface area contributed by atoms with Gasteiger partial charge in [-0.3, -0.25) is 4.79 Å². The number of amides is 1. The Labute approximate surface area is 101 Å². The van der Waals surface area contributed by atoms with Gasteiger partial charge in [0.05, 0.1) is 0 Å². The van der Waals surface area contributed by atoms with Crippen LogP contribution in [0, 0.1) is 24.7 Å². The fraction of sp³-hybridized carbons (Fsp3) is 0.500. The minimum atomic E-state index is 0.116. The molecule has 1 aliphatic heterocycles. The van der Waals surface area contributed by atoms with E-state index in [9.17, 15) is 4.79 Å². The zero-order chi connectivity index (χ0) is 12.0. The number of piperidine rings is 1. The van der Waals surface area contributed by atoms with Gasteiger partial charge in [-0.05, 0) is 24.3 Å². The third-order valence-corrected chi connectivity index (χ3v) is 4.06. The molecular formula is C14H17NO2. The number of aliphatic hydroxyl groups is 1. The quantitative estimate of drug-likeness (QED) is 0.849. The van der Waals surface area contributed by atoms with Gasteiger partial charge in [-0.25, -0.2) is 0 Å². The van der Waals surface area contributed by atoms with Crippen molar-refractivity contribution in [1.29, 1.82) is 0 Å². The van der Waals surface area contributed by atoms with Crippen LogP contribution in [0.2, 0.25) is 0 Å². The summed E-state index contributed by atoms with van der Waals surface area (Å²) in [6.07, 6.45) is 0. The summed E-state index contributed by atoms with van der Waals surface area (Å²) < 4.78 is 0. The fourth-order valence-electron chi connectivity index (χ4n) is 2.92. The van der Waals surface area contributed by atoms with Crippen molar-refractivity contribution >= 4 is 5.91 Å². The summed E-state index contributed by atoms with van der Waals surface area (Å²) in [5.41, 5.74) is 2.43. The Bertz CT molecular complexity index is 440. The van der Waals surface area contributed by atoms with Crippen LogP contribution in [0.3, 0.4) is 0 Å². The zero-order valence-corrected chi connectivity index (χ0v) is 9.97. The summed E-state index contributed by atoms with van der Waals surface area (Å²) in [7, 11) is 0. The fourth-order valence-corrected chi connectivity index (χ4v) is 2.92. The molecule has 1 aromatic carbocycles. The Hall–Kier alpha value is -1.35. The lowest BCUT2D eigenvalue weighted by atomic mass is 10.1. The number of benzene rings is 1. The Balaban J connectivity index is 1.65. The second-order valence-corrected chi connectivity index (χ2v) is 5.24. The van der Waals surface area contributed by atoms with Crippen LogP contribution in [0.1, 0.15) is 11.1 Å². The van der Waals surface area contributed by atoms with Crippen LogP contribution < -0.4 is 0 Å². The van der Waals surface area contributed by atoms with E-state index in [0.717, 1.165) is 6.54 Å². The van der Waals surface area contributed by atoms with Gasteiger partial charge in [0, 0.05) is 25.6 Å². The molecule has 0 bridgehead atoms. The molecule has 1 saturated carbocycles. The van der Waals surface area contributed by atoms with Gasteiger partial charge in [-0.15, -0.1) is 0 Å². The van der Waals surface area contributed by atoms with E-state index in [1.165, 1.54) is 11.1 Å². The number of carbonyl (C=O) groups excluding carboxylic acids is 1. The summed E-state index contributed by atoms with van der Waals surface area (Å²) in [6, 6.07) is 8.31. The van der Waals surface area contributed by atoms with E-state index >= 15 is 0 Å². The smallest absolute Gasteiger partial charge is 0.226 e. The third kappa shape index (κ3) is 1.75. The zero-order valence-electron chi connectivity index (χ0n) is 9.97. The molecule has 3 unspecified atom stereocenters. The molecule has 1 N–H and O–H groups in total. The number of carbonyl (C=O) groups is 1. The van der Waals surface area contributed by atoms with Crippen LogP contribution in [0.5, 0.6) is 0 Å². The first-order chi connectivity index (χ1) is 8.20. The number of nitrogens with zero attached hydrogens (tertiary/aromatic N) is 1. The topological polar surface area (TPSA) is 40.5 Å². The largest absolute Gasteiger partial charge is 0.396 e. The first-order valence-corrected chi connectivity index (χ1v) is 6.16. The second kappa shape index (κ2) is 3.84. The van der Waals surface area contributed by atoms with E-state index in [2.05, 4.69) is 31.2 Å². The normalized spacial score (nSPS) is 30.6. The van der Waals surface area contributed by atoms with Crippen molar-refractivity contribution in [2.75, 3.05) is 13.2 Å². The van der Waals surface area contributed by atoms with Crippen LogP contribution in [0.25, 0.3) is 0 Å². The Morgan fingerprint density at radius 1 is 1.35 bits per heavy atom. The molecular weight excluding hydrogens is 214 g/mol. The van der Waals surface area contributed by atoms with E-state index < -0.39 is 0 Å². The molecule has 2 fully saturated rings. The average Bonchev–Trinajstić information content (AvgIpc) is 2.94. The van der Waals surface area contributed by atoms with E-state index in [1.807, 2.05) is 4.90 Å². The maximum Gasteiger partial charge on any atom is 0.226 e. The standard InChI is InChI=1S/C14H17NO2/c1-9-2-4-10(5-3-9)6-15-7-11-12(8-16)13(11)14(15)17/h2-5,11-13,16H,6-8H2,1H3. The summed E-state index contributed by atoms with van der Waals surface area (Å²) in [5.74, 6) is 1.01. The second-order valence-electron chi connectivity index (χ2n) is 5.24. The summed E-state index contributed by atoms with van der Waals surface area (Å²) in [5, 5.41) is 9.07. The highest BCUT2D eigenvalue weighted by atomic mass is 16.3. The molecule has 3 nitrogen and oxygen atoms in total. The maximum absolute atomic E-state index is 12.0. The molecule has 2 aliphatic rings. The average molecular weight is 231 g/mol. The van der Waals surface area contributed by atoms with Gasteiger partial charge in [-0.1, -0.05) is 29.8 Å². The summed E-state index contributed by atoms with van der Waals surface area (Å²) >= 11 is 0. The molecule has 1 amide bonds. The monoisotopic (exact) mass is 231 g/mol. The van der Waals surface area contributed by atoms with Gasteiger partial charge in [-0.2, -0.15) is 0 Å². The van der Waals surface area contributed by atoms with Gasteiger partial charge in [0.1, 0.15) is 0 Å². The van der Waals surface area contributed by atoms with Crippen LogP contribution >= 0.6 is 0 Å². The maximum atomic E-state index is 12.0. The lowest BCUT2D eigenvalue weighted by Crippen LogP contribution is -2.30. The highest BCUT2D eigenvalue weighted by Gasteiger charge is 2.60. The SMILES string of the molecule is Cc1ccc(CN2CC3C(CO)C3C2=O)cc1. The van der Waals surface area contributed by atoms with Crippen LogP contribution in [-0.4, -0.2) is 29.1 Å². The van der Waals surface area contributed by atoms with E-state index in [0.29, 0.717) is 12.5 Å². The van der Waals surface area contributed by atoms with Crippen LogP contribution in [0.15, 0.2) is 24.3 Å². The highest BCUT2D eigenvalue weighted by molar-refractivity contribution is 5.85. The summed E-state index contributed by atoms with van der Waals surface area (Å²) in [4.78, 5) is 13.9. The lowest BCUT2D eigenvalue weighted by Gasteiger charge is -2.19. The molecule has 0 radical (unpaired) electrons. The van der Waals surface area contributed by atoms with Gasteiger partial charge in [0.2, 0.25) is 5.91 Å². The molecule has 17 heavy (non-hydrogen) atoms.